The van der Waals surface area contributed by atoms with Crippen LogP contribution in [-0.2, 0) is 4.74 Å². The van der Waals surface area contributed by atoms with Gasteiger partial charge in [0.15, 0.2) is 5.65 Å². The van der Waals surface area contributed by atoms with Gasteiger partial charge in [0, 0.05) is 12.4 Å². The van der Waals surface area contributed by atoms with Gasteiger partial charge < -0.3 is 9.47 Å². The van der Waals surface area contributed by atoms with Crippen LogP contribution in [-0.4, -0.2) is 44.4 Å². The van der Waals surface area contributed by atoms with Crippen LogP contribution >= 0.6 is 0 Å². The molecule has 0 amide bonds. The standard InChI is InChI=1S/C14H13N5O3/c1-3-22-13(20)9-7-16-19(8-9)14-17-11-10(5-4-6-15-11)12(18-14)21-2/h4-8H,3H2,1-2H3. The number of carbonyl (C=O) groups excluding carboxylic acids is 1. The van der Waals surface area contributed by atoms with Crippen molar-refractivity contribution in [2.75, 3.05) is 13.7 Å². The molecule has 8 heteroatoms. The molecule has 0 aliphatic rings. The number of carbonyl (C=O) groups is 1. The molecule has 3 rings (SSSR count). The van der Waals surface area contributed by atoms with E-state index < -0.39 is 5.97 Å². The number of nitrogens with zero attached hydrogens (tertiary/aromatic N) is 5. The lowest BCUT2D eigenvalue weighted by atomic mass is 10.3. The van der Waals surface area contributed by atoms with E-state index in [1.165, 1.54) is 24.2 Å². The number of fused-ring (bicyclic) bond motifs is 1. The van der Waals surface area contributed by atoms with Gasteiger partial charge in [0.05, 0.1) is 30.9 Å². The highest BCUT2D eigenvalue weighted by molar-refractivity contribution is 5.88. The van der Waals surface area contributed by atoms with Crippen LogP contribution in [0.2, 0.25) is 0 Å². The molecule has 3 heterocycles. The molecule has 0 fully saturated rings. The maximum Gasteiger partial charge on any atom is 0.341 e. The summed E-state index contributed by atoms with van der Waals surface area (Å²) >= 11 is 0. The van der Waals surface area contributed by atoms with E-state index in [0.29, 0.717) is 29.1 Å². The summed E-state index contributed by atoms with van der Waals surface area (Å²) < 4.78 is 11.6. The topological polar surface area (TPSA) is 92.0 Å². The van der Waals surface area contributed by atoms with Crippen LogP contribution in [0.3, 0.4) is 0 Å². The van der Waals surface area contributed by atoms with Crippen LogP contribution in [0.4, 0.5) is 0 Å². The molecule has 0 radical (unpaired) electrons. The van der Waals surface area contributed by atoms with E-state index in [2.05, 4.69) is 20.1 Å². The summed E-state index contributed by atoms with van der Waals surface area (Å²) in [6.45, 7) is 2.04. The van der Waals surface area contributed by atoms with E-state index >= 15 is 0 Å². The van der Waals surface area contributed by atoms with Crippen LogP contribution in [0.5, 0.6) is 5.88 Å². The zero-order valence-corrected chi connectivity index (χ0v) is 12.1. The first-order valence-corrected chi connectivity index (χ1v) is 6.62. The molecule has 0 aliphatic carbocycles. The summed E-state index contributed by atoms with van der Waals surface area (Å²) in [4.78, 5) is 24.5. The van der Waals surface area contributed by atoms with Crippen molar-refractivity contribution in [3.63, 3.8) is 0 Å². The Kier molecular flexibility index (Phi) is 3.65. The summed E-state index contributed by atoms with van der Waals surface area (Å²) in [6.07, 6.45) is 4.53. The molecule has 3 aromatic rings. The lowest BCUT2D eigenvalue weighted by molar-refractivity contribution is 0.0526. The number of rotatable bonds is 4. The van der Waals surface area contributed by atoms with Gasteiger partial charge in [-0.05, 0) is 19.1 Å². The molecular formula is C14H13N5O3. The van der Waals surface area contributed by atoms with Gasteiger partial charge in [-0.15, -0.1) is 0 Å². The van der Waals surface area contributed by atoms with Crippen molar-refractivity contribution in [1.29, 1.82) is 0 Å². The summed E-state index contributed by atoms with van der Waals surface area (Å²) in [5.74, 6) is 0.208. The molecule has 0 aromatic carbocycles. The maximum atomic E-state index is 11.7. The van der Waals surface area contributed by atoms with Gasteiger partial charge in [-0.25, -0.2) is 14.5 Å². The third kappa shape index (κ3) is 2.46. The van der Waals surface area contributed by atoms with Gasteiger partial charge in [0.2, 0.25) is 5.88 Å². The normalized spacial score (nSPS) is 10.6. The fraction of sp³-hybridized carbons (Fsp3) is 0.214. The Morgan fingerprint density at radius 3 is 3.00 bits per heavy atom. The second kappa shape index (κ2) is 5.76. The lowest BCUT2D eigenvalue weighted by Crippen LogP contribution is -2.05. The van der Waals surface area contributed by atoms with E-state index in [0.717, 1.165) is 0 Å². The minimum absolute atomic E-state index is 0.263. The van der Waals surface area contributed by atoms with E-state index in [9.17, 15) is 4.79 Å². The van der Waals surface area contributed by atoms with Crippen LogP contribution in [0, 0.1) is 0 Å². The van der Waals surface area contributed by atoms with Gasteiger partial charge in [-0.1, -0.05) is 0 Å². The van der Waals surface area contributed by atoms with Crippen molar-refractivity contribution in [3.05, 3.63) is 36.3 Å². The first-order chi connectivity index (χ1) is 10.7. The van der Waals surface area contributed by atoms with Crippen molar-refractivity contribution >= 4 is 17.0 Å². The van der Waals surface area contributed by atoms with Crippen molar-refractivity contribution in [1.82, 2.24) is 24.7 Å². The average molecular weight is 299 g/mol. The Bertz CT molecular complexity index is 830. The number of hydrogen-bond donors (Lipinski definition) is 0. The monoisotopic (exact) mass is 299 g/mol. The van der Waals surface area contributed by atoms with Gasteiger partial charge in [-0.2, -0.15) is 15.1 Å². The minimum atomic E-state index is -0.445. The fourth-order valence-electron chi connectivity index (χ4n) is 1.93. The predicted molar refractivity (Wildman–Crippen MR) is 77.0 cm³/mol. The number of hydrogen-bond acceptors (Lipinski definition) is 7. The van der Waals surface area contributed by atoms with Crippen LogP contribution in [0.25, 0.3) is 17.0 Å². The van der Waals surface area contributed by atoms with Gasteiger partial charge in [0.1, 0.15) is 0 Å². The summed E-state index contributed by atoms with van der Waals surface area (Å²) in [5, 5.41) is 4.78. The second-order valence-corrected chi connectivity index (χ2v) is 4.30. The van der Waals surface area contributed by atoms with Crippen molar-refractivity contribution in [2.24, 2.45) is 0 Å². The highest BCUT2D eigenvalue weighted by atomic mass is 16.5. The smallest absolute Gasteiger partial charge is 0.341 e. The minimum Gasteiger partial charge on any atom is -0.480 e. The number of esters is 1. The number of methoxy groups -OCH3 is 1. The molecule has 22 heavy (non-hydrogen) atoms. The Morgan fingerprint density at radius 2 is 2.23 bits per heavy atom. The first kappa shape index (κ1) is 13.9. The molecule has 3 aromatic heterocycles. The predicted octanol–water partition coefficient (Wildman–Crippen LogP) is 1.40. The van der Waals surface area contributed by atoms with Crippen LogP contribution < -0.4 is 4.74 Å². The quantitative estimate of drug-likeness (QED) is 0.672. The molecule has 0 atom stereocenters. The average Bonchev–Trinajstić information content (AvgIpc) is 3.04. The Balaban J connectivity index is 2.05. The molecule has 8 nitrogen and oxygen atoms in total. The second-order valence-electron chi connectivity index (χ2n) is 4.30. The van der Waals surface area contributed by atoms with Crippen LogP contribution in [0.1, 0.15) is 17.3 Å². The molecule has 0 saturated heterocycles. The molecule has 0 saturated carbocycles. The summed E-state index contributed by atoms with van der Waals surface area (Å²) in [7, 11) is 1.52. The van der Waals surface area contributed by atoms with Crippen LogP contribution in [0.15, 0.2) is 30.7 Å². The molecule has 0 aliphatic heterocycles. The van der Waals surface area contributed by atoms with E-state index in [1.54, 1.807) is 19.2 Å². The number of pyridine rings is 1. The van der Waals surface area contributed by atoms with E-state index in [4.69, 9.17) is 9.47 Å². The number of ether oxygens (including phenoxy) is 2. The Morgan fingerprint density at radius 1 is 1.36 bits per heavy atom. The SMILES string of the molecule is CCOC(=O)c1cnn(-c2nc(OC)c3cccnc3n2)c1. The van der Waals surface area contributed by atoms with Crippen molar-refractivity contribution in [3.8, 4) is 11.8 Å². The summed E-state index contributed by atoms with van der Waals surface area (Å²) in [5.41, 5.74) is 0.808. The van der Waals surface area contributed by atoms with Crippen molar-refractivity contribution in [2.45, 2.75) is 6.92 Å². The summed E-state index contributed by atoms with van der Waals surface area (Å²) in [6, 6.07) is 3.60. The highest BCUT2D eigenvalue weighted by Gasteiger charge is 2.14. The maximum absolute atomic E-state index is 11.7. The molecular weight excluding hydrogens is 286 g/mol. The molecule has 0 spiro atoms. The lowest BCUT2D eigenvalue weighted by Gasteiger charge is -2.06. The molecule has 0 unspecified atom stereocenters. The zero-order chi connectivity index (χ0) is 15.5. The molecule has 112 valence electrons. The number of aromatic nitrogens is 5. The molecule has 0 N–H and O–H groups in total. The van der Waals surface area contributed by atoms with Gasteiger partial charge in [0.25, 0.3) is 5.95 Å². The Hall–Kier alpha value is -3.03. The third-order valence-electron chi connectivity index (χ3n) is 2.92. The van der Waals surface area contributed by atoms with E-state index in [-0.39, 0.29) is 5.95 Å². The highest BCUT2D eigenvalue weighted by Crippen LogP contribution is 2.21. The van der Waals surface area contributed by atoms with Gasteiger partial charge >= 0.3 is 5.97 Å². The van der Waals surface area contributed by atoms with E-state index in [1.807, 2.05) is 6.07 Å². The zero-order valence-electron chi connectivity index (χ0n) is 12.1. The van der Waals surface area contributed by atoms with Gasteiger partial charge in [-0.3, -0.25) is 0 Å². The Labute approximate surface area is 125 Å². The fourth-order valence-corrected chi connectivity index (χ4v) is 1.93. The third-order valence-corrected chi connectivity index (χ3v) is 2.92. The largest absolute Gasteiger partial charge is 0.480 e. The first-order valence-electron chi connectivity index (χ1n) is 6.62. The van der Waals surface area contributed by atoms with Crippen molar-refractivity contribution < 1.29 is 14.3 Å². The molecule has 0 bridgehead atoms.